The van der Waals surface area contributed by atoms with Crippen LogP contribution in [0, 0.1) is 0 Å². The molecule has 4 aliphatic heterocycles. The molecule has 92 heavy (non-hydrogen) atoms. The molecule has 0 aromatic rings. The van der Waals surface area contributed by atoms with Crippen LogP contribution in [0.25, 0.3) is 0 Å². The smallest absolute Gasteiger partial charge is 0.249 e. The predicted octanol–water partition coefficient (Wildman–Crippen LogP) is 2.54. The lowest BCUT2D eigenvalue weighted by molar-refractivity contribution is -0.371. The lowest BCUT2D eigenvalue weighted by atomic mass is 9.96. The number of amides is 2. The van der Waals surface area contributed by atoms with E-state index in [9.17, 15) is 81.1 Å². The molecule has 4 rings (SSSR count). The minimum atomic E-state index is -2.09. The maximum atomic E-state index is 13.7. The van der Waals surface area contributed by atoms with Crippen LogP contribution in [0.4, 0.5) is 0 Å². The van der Waals surface area contributed by atoms with E-state index in [0.29, 0.717) is 12.8 Å². The first-order chi connectivity index (χ1) is 44.2. The number of hydrogen-bond donors (Lipinski definition) is 16. The molecule has 4 fully saturated rings. The molecule has 0 saturated carbocycles. The standard InChI is InChI=1S/C66H124N2O24/c1-5-7-9-11-13-15-17-19-21-22-24-26-28-30-32-34-36-45(73)62(84)68-43(50(74)44(72)35-33-31-29-27-25-23-20-18-16-14-12-10-8-6-2)38-85-66-61(56(80)51(75)46(37-69)88-66)92-65-58(82)55(79)53(77)48(90-65)39-86-63-49(67-42(4)71)54(78)52(76)47(89-63)40-87-64-59(83)57(81)60(91-64)41(3)70/h41,43-61,63-66,69-70,72-83H,5-40H2,1-4H3,(H,67,71)(H,68,84). The average Bonchev–Trinajstić information content (AvgIpc) is 1.56. The normalized spacial score (nSPS) is 32.7. The molecule has 24 atom stereocenters. The monoisotopic (exact) mass is 1330 g/mol. The van der Waals surface area contributed by atoms with Gasteiger partial charge in [-0.05, 0) is 19.8 Å². The SMILES string of the molecule is CCCCCCCCCCCCCCCCCCC(O)C(=O)NC(COC1OC(CO)C(O)C(O)C1OC1OC(COC2OC(COC3OC(C(C)O)C(O)C3O)C(O)C(O)C2NC(C)=O)C(O)C(O)C1O)C(O)C(O)CCCCCCCCCCCCCCCC. The van der Waals surface area contributed by atoms with E-state index in [-0.39, 0.29) is 12.8 Å². The quantitative estimate of drug-likeness (QED) is 0.0389. The molecule has 542 valence electrons. The van der Waals surface area contributed by atoms with Crippen molar-refractivity contribution in [3.63, 3.8) is 0 Å². The molecular weight excluding hydrogens is 1200 g/mol. The Hall–Kier alpha value is -1.94. The van der Waals surface area contributed by atoms with Gasteiger partial charge in [0.25, 0.3) is 0 Å². The number of carbonyl (C=O) groups excluding carboxylic acids is 2. The van der Waals surface area contributed by atoms with Gasteiger partial charge in [0.2, 0.25) is 11.8 Å². The molecule has 0 aliphatic carbocycles. The molecule has 16 N–H and O–H groups in total. The van der Waals surface area contributed by atoms with Crippen LogP contribution in [0.15, 0.2) is 0 Å². The fourth-order valence-corrected chi connectivity index (χ4v) is 12.6. The van der Waals surface area contributed by atoms with Crippen molar-refractivity contribution >= 4 is 11.8 Å². The summed E-state index contributed by atoms with van der Waals surface area (Å²) in [7, 11) is 0. The van der Waals surface area contributed by atoms with E-state index in [4.69, 9.17) is 37.9 Å². The third-order valence-corrected chi connectivity index (χ3v) is 18.5. The topological polar surface area (TPSA) is 415 Å². The Kier molecular flexibility index (Phi) is 41.6. The lowest BCUT2D eigenvalue weighted by Gasteiger charge is -2.47. The van der Waals surface area contributed by atoms with Crippen molar-refractivity contribution in [2.24, 2.45) is 0 Å². The highest BCUT2D eigenvalue weighted by Crippen LogP contribution is 2.33. The van der Waals surface area contributed by atoms with Crippen LogP contribution in [-0.4, -0.2) is 257 Å². The molecule has 4 aliphatic rings. The van der Waals surface area contributed by atoms with Crippen LogP contribution in [0.1, 0.15) is 233 Å². The zero-order chi connectivity index (χ0) is 67.5. The zero-order valence-corrected chi connectivity index (χ0v) is 55.7. The number of ether oxygens (including phenoxy) is 8. The van der Waals surface area contributed by atoms with Gasteiger partial charge >= 0.3 is 0 Å². The van der Waals surface area contributed by atoms with Crippen molar-refractivity contribution in [1.29, 1.82) is 0 Å². The molecule has 4 saturated heterocycles. The minimum Gasteiger partial charge on any atom is -0.394 e. The summed E-state index contributed by atoms with van der Waals surface area (Å²) in [6.07, 6.45) is -2.64. The molecule has 2 amide bonds. The zero-order valence-electron chi connectivity index (χ0n) is 55.7. The summed E-state index contributed by atoms with van der Waals surface area (Å²) in [4.78, 5) is 26.0. The molecule has 24 unspecified atom stereocenters. The van der Waals surface area contributed by atoms with E-state index in [1.54, 1.807) is 0 Å². The van der Waals surface area contributed by atoms with Crippen molar-refractivity contribution in [3.05, 3.63) is 0 Å². The summed E-state index contributed by atoms with van der Waals surface area (Å²) < 4.78 is 46.7. The Morgan fingerprint density at radius 3 is 1.32 bits per heavy atom. The highest BCUT2D eigenvalue weighted by molar-refractivity contribution is 5.80. The molecule has 26 heteroatoms. The van der Waals surface area contributed by atoms with Crippen LogP contribution in [0.5, 0.6) is 0 Å². The fraction of sp³-hybridized carbons (Fsp3) is 0.970. The lowest BCUT2D eigenvalue weighted by Crippen LogP contribution is -2.66. The van der Waals surface area contributed by atoms with Crippen molar-refractivity contribution in [3.8, 4) is 0 Å². The van der Waals surface area contributed by atoms with Gasteiger partial charge in [0.1, 0.15) is 104 Å². The largest absolute Gasteiger partial charge is 0.394 e. The highest BCUT2D eigenvalue weighted by Gasteiger charge is 2.53. The molecule has 26 nitrogen and oxygen atoms in total. The van der Waals surface area contributed by atoms with E-state index in [0.717, 1.165) is 64.7 Å². The van der Waals surface area contributed by atoms with E-state index in [1.807, 2.05) is 0 Å². The summed E-state index contributed by atoms with van der Waals surface area (Å²) in [6, 6.07) is -2.91. The second-order valence-corrected chi connectivity index (χ2v) is 26.4. The molecule has 0 aromatic heterocycles. The third-order valence-electron chi connectivity index (χ3n) is 18.5. The van der Waals surface area contributed by atoms with Gasteiger partial charge in [-0.2, -0.15) is 0 Å². The van der Waals surface area contributed by atoms with Gasteiger partial charge in [-0.1, -0.05) is 206 Å². The van der Waals surface area contributed by atoms with Gasteiger partial charge in [-0.25, -0.2) is 0 Å². The van der Waals surface area contributed by atoms with E-state index in [2.05, 4.69) is 24.5 Å². The first-order valence-electron chi connectivity index (χ1n) is 35.3. The predicted molar refractivity (Wildman–Crippen MR) is 337 cm³/mol. The van der Waals surface area contributed by atoms with E-state index >= 15 is 0 Å². The molecule has 0 spiro atoms. The first-order valence-corrected chi connectivity index (χ1v) is 35.3. The number of nitrogens with one attached hydrogen (secondary N) is 2. The first kappa shape index (κ1) is 82.5. The van der Waals surface area contributed by atoms with Gasteiger partial charge < -0.3 is 120 Å². The molecule has 4 heterocycles. The molecule has 0 radical (unpaired) electrons. The van der Waals surface area contributed by atoms with Crippen LogP contribution >= 0.6 is 0 Å². The Labute approximate surface area is 546 Å². The number of aliphatic hydroxyl groups is 14. The summed E-state index contributed by atoms with van der Waals surface area (Å²) in [6.45, 7) is 3.99. The second-order valence-electron chi connectivity index (χ2n) is 26.4. The summed E-state index contributed by atoms with van der Waals surface area (Å²) in [5, 5.41) is 159. The van der Waals surface area contributed by atoms with Crippen LogP contribution in [0.2, 0.25) is 0 Å². The summed E-state index contributed by atoms with van der Waals surface area (Å²) in [5.74, 6) is -1.53. The summed E-state index contributed by atoms with van der Waals surface area (Å²) in [5.41, 5.74) is 0. The molecule has 0 aromatic carbocycles. The van der Waals surface area contributed by atoms with Crippen LogP contribution in [0.3, 0.4) is 0 Å². The second kappa shape index (κ2) is 46.4. The maximum absolute atomic E-state index is 13.7. The van der Waals surface area contributed by atoms with Gasteiger partial charge in [0.05, 0.1) is 44.7 Å². The van der Waals surface area contributed by atoms with Gasteiger partial charge in [-0.15, -0.1) is 0 Å². The number of hydrogen-bond acceptors (Lipinski definition) is 24. The van der Waals surface area contributed by atoms with Gasteiger partial charge in [-0.3, -0.25) is 9.59 Å². The maximum Gasteiger partial charge on any atom is 0.249 e. The van der Waals surface area contributed by atoms with Crippen molar-refractivity contribution in [1.82, 2.24) is 10.6 Å². The van der Waals surface area contributed by atoms with Crippen molar-refractivity contribution in [2.45, 2.75) is 380 Å². The number of aliphatic hydroxyl groups excluding tert-OH is 14. The Morgan fingerprint density at radius 1 is 0.446 bits per heavy atom. The Morgan fingerprint density at radius 2 is 0.859 bits per heavy atom. The number of unbranched alkanes of at least 4 members (excludes halogenated alkanes) is 28. The van der Waals surface area contributed by atoms with Crippen LogP contribution < -0.4 is 10.6 Å². The molecular formula is C66H124N2O24. The number of rotatable bonds is 50. The Bertz CT molecular complexity index is 1910. The fourth-order valence-electron chi connectivity index (χ4n) is 12.6. The summed E-state index contributed by atoms with van der Waals surface area (Å²) >= 11 is 0. The average molecular weight is 1330 g/mol. The van der Waals surface area contributed by atoms with Crippen molar-refractivity contribution < 1.29 is 119 Å². The van der Waals surface area contributed by atoms with Gasteiger partial charge in [0.15, 0.2) is 25.2 Å². The third kappa shape index (κ3) is 28.5. The van der Waals surface area contributed by atoms with Crippen LogP contribution in [-0.2, 0) is 47.5 Å². The number of carbonyl (C=O) groups is 2. The van der Waals surface area contributed by atoms with Crippen molar-refractivity contribution in [2.75, 3.05) is 26.4 Å². The highest BCUT2D eigenvalue weighted by atomic mass is 16.8. The Balaban J connectivity index is 1.40. The van der Waals surface area contributed by atoms with E-state index in [1.165, 1.54) is 129 Å². The van der Waals surface area contributed by atoms with Gasteiger partial charge in [0, 0.05) is 6.92 Å². The molecule has 0 bridgehead atoms. The minimum absolute atomic E-state index is 0.126. The van der Waals surface area contributed by atoms with E-state index < -0.39 is 185 Å².